The maximum Gasteiger partial charge on any atom is 0.405 e. The Morgan fingerprint density at radius 2 is 1.88 bits per heavy atom. The lowest BCUT2D eigenvalue weighted by molar-refractivity contribution is -0.143. The lowest BCUT2D eigenvalue weighted by Crippen LogP contribution is -2.40. The van der Waals surface area contributed by atoms with Gasteiger partial charge in [-0.2, -0.15) is 13.2 Å². The third-order valence-electron chi connectivity index (χ3n) is 2.96. The van der Waals surface area contributed by atoms with Gasteiger partial charge in [0.05, 0.1) is 10.5 Å². The monoisotopic (exact) mass is 382 g/mol. The summed E-state index contributed by atoms with van der Waals surface area (Å²) in [6, 6.07) is 4.89. The number of nitrogens with zero attached hydrogens (tertiary/aromatic N) is 1. The van der Waals surface area contributed by atoms with Crippen LogP contribution in [0.1, 0.15) is 17.3 Å². The fourth-order valence-corrected chi connectivity index (χ4v) is 2.56. The first-order valence-electron chi connectivity index (χ1n) is 6.92. The van der Waals surface area contributed by atoms with Crippen LogP contribution in [0.2, 0.25) is 0 Å². The van der Waals surface area contributed by atoms with Gasteiger partial charge in [-0.15, -0.1) is 0 Å². The summed E-state index contributed by atoms with van der Waals surface area (Å²) in [7, 11) is -1.16. The van der Waals surface area contributed by atoms with Crippen LogP contribution < -0.4 is 5.32 Å². The predicted octanol–water partition coefficient (Wildman–Crippen LogP) is 1.16. The molecule has 1 aromatic carbocycles. The van der Waals surface area contributed by atoms with E-state index in [1.54, 1.807) is 5.32 Å². The van der Waals surface area contributed by atoms with Crippen LogP contribution in [0, 0.1) is 0 Å². The molecule has 1 aromatic rings. The van der Waals surface area contributed by atoms with Crippen molar-refractivity contribution < 1.29 is 35.9 Å². The first-order valence-corrected chi connectivity index (χ1v) is 8.36. The molecule has 11 heteroatoms. The Morgan fingerprint density at radius 3 is 2.40 bits per heavy atom. The number of rotatable bonds is 6. The molecule has 0 heterocycles. The van der Waals surface area contributed by atoms with Gasteiger partial charge in [0.1, 0.15) is 6.54 Å². The van der Waals surface area contributed by atoms with Crippen LogP contribution in [0.25, 0.3) is 0 Å². The van der Waals surface area contributed by atoms with Gasteiger partial charge in [-0.25, -0.2) is 17.5 Å². The van der Waals surface area contributed by atoms with Crippen LogP contribution in [-0.2, 0) is 19.6 Å². The van der Waals surface area contributed by atoms with Crippen molar-refractivity contribution in [3.63, 3.8) is 0 Å². The second-order valence-electron chi connectivity index (χ2n) is 5.20. The number of amides is 1. The second kappa shape index (κ2) is 7.83. The van der Waals surface area contributed by atoms with Crippen LogP contribution in [-0.4, -0.2) is 57.5 Å². The van der Waals surface area contributed by atoms with Crippen molar-refractivity contribution in [2.45, 2.75) is 24.1 Å². The maximum absolute atomic E-state index is 12.0. The van der Waals surface area contributed by atoms with Crippen molar-refractivity contribution in [2.24, 2.45) is 0 Å². The Hall–Kier alpha value is -2.14. The quantitative estimate of drug-likeness (QED) is 0.746. The number of hydrogen-bond donors (Lipinski definition) is 1. The molecular formula is C14H17F3N2O5S. The molecule has 0 bridgehead atoms. The number of ether oxygens (including phenoxy) is 1. The number of benzene rings is 1. The first-order chi connectivity index (χ1) is 11.3. The van der Waals surface area contributed by atoms with Gasteiger partial charge in [-0.1, -0.05) is 6.07 Å². The summed E-state index contributed by atoms with van der Waals surface area (Å²) >= 11 is 0. The topological polar surface area (TPSA) is 92.8 Å². The Morgan fingerprint density at radius 1 is 1.28 bits per heavy atom. The number of alkyl halides is 3. The van der Waals surface area contributed by atoms with Crippen molar-refractivity contribution in [3.8, 4) is 0 Å². The van der Waals surface area contributed by atoms with Gasteiger partial charge in [-0.05, 0) is 25.1 Å². The SMILES string of the molecule is CC(OC(=O)c1cccc(S(=O)(=O)N(C)C)c1)C(=O)NCC(F)(F)F. The smallest absolute Gasteiger partial charge is 0.405 e. The summed E-state index contributed by atoms with van der Waals surface area (Å²) in [4.78, 5) is 23.3. The van der Waals surface area contributed by atoms with Gasteiger partial charge in [-0.3, -0.25) is 4.79 Å². The lowest BCUT2D eigenvalue weighted by Gasteiger charge is -2.15. The molecule has 1 rings (SSSR count). The minimum Gasteiger partial charge on any atom is -0.449 e. The number of nitrogens with one attached hydrogen (secondary N) is 1. The summed E-state index contributed by atoms with van der Waals surface area (Å²) in [5.41, 5.74) is -0.154. The van der Waals surface area contributed by atoms with Crippen LogP contribution >= 0.6 is 0 Å². The van der Waals surface area contributed by atoms with Crippen molar-refractivity contribution in [1.82, 2.24) is 9.62 Å². The summed E-state index contributed by atoms with van der Waals surface area (Å²) in [6.45, 7) is -0.450. The molecule has 0 saturated heterocycles. The molecule has 0 aromatic heterocycles. The highest BCUT2D eigenvalue weighted by molar-refractivity contribution is 7.89. The Balaban J connectivity index is 2.83. The van der Waals surface area contributed by atoms with E-state index in [-0.39, 0.29) is 10.5 Å². The highest BCUT2D eigenvalue weighted by atomic mass is 32.2. The largest absolute Gasteiger partial charge is 0.449 e. The molecule has 140 valence electrons. The van der Waals surface area contributed by atoms with E-state index in [4.69, 9.17) is 4.74 Å². The molecule has 0 aliphatic rings. The maximum atomic E-state index is 12.0. The van der Waals surface area contributed by atoms with Crippen LogP contribution in [0.4, 0.5) is 13.2 Å². The van der Waals surface area contributed by atoms with Crippen LogP contribution in [0.5, 0.6) is 0 Å². The van der Waals surface area contributed by atoms with Crippen molar-refractivity contribution in [2.75, 3.05) is 20.6 Å². The molecule has 0 aliphatic heterocycles. The first kappa shape index (κ1) is 20.9. The molecular weight excluding hydrogens is 365 g/mol. The lowest BCUT2D eigenvalue weighted by atomic mass is 10.2. The minimum absolute atomic E-state index is 0.154. The minimum atomic E-state index is -4.59. The molecule has 25 heavy (non-hydrogen) atoms. The van der Waals surface area contributed by atoms with E-state index in [9.17, 15) is 31.2 Å². The third-order valence-corrected chi connectivity index (χ3v) is 4.78. The van der Waals surface area contributed by atoms with Crippen molar-refractivity contribution in [1.29, 1.82) is 0 Å². The van der Waals surface area contributed by atoms with Crippen LogP contribution in [0.3, 0.4) is 0 Å². The van der Waals surface area contributed by atoms with Crippen molar-refractivity contribution >= 4 is 21.9 Å². The Kier molecular flexibility index (Phi) is 6.54. The molecule has 0 aliphatic carbocycles. The van der Waals surface area contributed by atoms with E-state index in [1.807, 2.05) is 0 Å². The fraction of sp³-hybridized carbons (Fsp3) is 0.429. The highest BCUT2D eigenvalue weighted by Crippen LogP contribution is 2.16. The number of hydrogen-bond acceptors (Lipinski definition) is 5. The van der Waals surface area contributed by atoms with E-state index in [0.717, 1.165) is 17.3 Å². The van der Waals surface area contributed by atoms with Gasteiger partial charge < -0.3 is 10.1 Å². The van der Waals surface area contributed by atoms with Gasteiger partial charge in [0.25, 0.3) is 5.91 Å². The summed E-state index contributed by atoms with van der Waals surface area (Å²) < 4.78 is 65.9. The van der Waals surface area contributed by atoms with Crippen LogP contribution in [0.15, 0.2) is 29.2 Å². The molecule has 1 unspecified atom stereocenters. The summed E-state index contributed by atoms with van der Waals surface area (Å²) in [6.07, 6.45) is -6.07. The zero-order valence-corrected chi connectivity index (χ0v) is 14.4. The van der Waals surface area contributed by atoms with E-state index < -0.39 is 40.7 Å². The summed E-state index contributed by atoms with van der Waals surface area (Å²) in [5.74, 6) is -2.16. The molecule has 1 N–H and O–H groups in total. The average molecular weight is 382 g/mol. The number of halogens is 3. The molecule has 1 amide bonds. The Bertz CT molecular complexity index is 747. The van der Waals surface area contributed by atoms with Crippen molar-refractivity contribution in [3.05, 3.63) is 29.8 Å². The third kappa shape index (κ3) is 6.02. The van der Waals surface area contributed by atoms with Gasteiger partial charge >= 0.3 is 12.1 Å². The average Bonchev–Trinajstić information content (AvgIpc) is 2.51. The van der Waals surface area contributed by atoms with E-state index in [2.05, 4.69) is 0 Å². The van der Waals surface area contributed by atoms with E-state index in [0.29, 0.717) is 0 Å². The van der Waals surface area contributed by atoms with E-state index in [1.165, 1.54) is 32.3 Å². The van der Waals surface area contributed by atoms with Gasteiger partial charge in [0.2, 0.25) is 10.0 Å². The van der Waals surface area contributed by atoms with Gasteiger partial charge in [0.15, 0.2) is 6.10 Å². The molecule has 0 saturated carbocycles. The summed E-state index contributed by atoms with van der Waals surface area (Å²) in [5, 5.41) is 1.59. The number of sulfonamides is 1. The molecule has 0 fully saturated rings. The standard InChI is InChI=1S/C14H17F3N2O5S/c1-9(12(20)18-8-14(15,16)17)24-13(21)10-5-4-6-11(7-10)25(22,23)19(2)3/h4-7,9H,8H2,1-3H3,(H,18,20). The van der Waals surface area contributed by atoms with E-state index >= 15 is 0 Å². The zero-order chi connectivity index (χ0) is 19.4. The Labute approximate surface area is 142 Å². The number of esters is 1. The number of carbonyl (C=O) groups excluding carboxylic acids is 2. The number of carbonyl (C=O) groups is 2. The molecule has 1 atom stereocenters. The second-order valence-corrected chi connectivity index (χ2v) is 7.35. The molecule has 7 nitrogen and oxygen atoms in total. The van der Waals surface area contributed by atoms with Gasteiger partial charge in [0, 0.05) is 14.1 Å². The zero-order valence-electron chi connectivity index (χ0n) is 13.6. The fourth-order valence-electron chi connectivity index (χ4n) is 1.61. The highest BCUT2D eigenvalue weighted by Gasteiger charge is 2.29. The normalized spacial score (nSPS) is 13.4. The molecule has 0 spiro atoms. The molecule has 0 radical (unpaired) electrons. The predicted molar refractivity (Wildman–Crippen MR) is 81.3 cm³/mol.